The monoisotopic (exact) mass is 229 g/mol. The molecule has 0 spiro atoms. The number of rotatable bonds is 9. The van der Waals surface area contributed by atoms with Crippen LogP contribution in [0.2, 0.25) is 0 Å². The maximum Gasteiger partial charge on any atom is 0.0622 e. The van der Waals surface area contributed by atoms with E-state index in [-0.39, 0.29) is 5.60 Å². The molecular formula is C14H31NO. The van der Waals surface area contributed by atoms with Crippen LogP contribution in [0, 0.1) is 11.8 Å². The molecule has 1 atom stereocenters. The summed E-state index contributed by atoms with van der Waals surface area (Å²) in [5.74, 6) is 1.57. The summed E-state index contributed by atoms with van der Waals surface area (Å²) >= 11 is 0. The van der Waals surface area contributed by atoms with E-state index >= 15 is 0 Å². The predicted molar refractivity (Wildman–Crippen MR) is 71.8 cm³/mol. The van der Waals surface area contributed by atoms with E-state index in [2.05, 4.69) is 39.9 Å². The van der Waals surface area contributed by atoms with Crippen molar-refractivity contribution < 1.29 is 4.74 Å². The molecule has 0 aromatic carbocycles. The van der Waals surface area contributed by atoms with Crippen LogP contribution in [0.25, 0.3) is 0 Å². The van der Waals surface area contributed by atoms with Crippen LogP contribution in [0.5, 0.6) is 0 Å². The molecule has 0 aliphatic carbocycles. The Hall–Kier alpha value is -0.0800. The van der Waals surface area contributed by atoms with Gasteiger partial charge in [-0.1, -0.05) is 20.8 Å². The van der Waals surface area contributed by atoms with Gasteiger partial charge in [-0.3, -0.25) is 0 Å². The Kier molecular flexibility index (Phi) is 8.04. The van der Waals surface area contributed by atoms with Gasteiger partial charge in [-0.05, 0) is 58.0 Å². The summed E-state index contributed by atoms with van der Waals surface area (Å²) in [6, 6.07) is 0. The molecule has 0 radical (unpaired) electrons. The molecule has 0 aliphatic heterocycles. The first-order valence-electron chi connectivity index (χ1n) is 6.67. The molecule has 0 fully saturated rings. The Balaban J connectivity index is 3.99. The normalized spacial score (nSPS) is 14.4. The Bertz CT molecular complexity index is 166. The summed E-state index contributed by atoms with van der Waals surface area (Å²) in [6.07, 6.45) is 3.71. The fraction of sp³-hybridized carbons (Fsp3) is 1.00. The van der Waals surface area contributed by atoms with Crippen molar-refractivity contribution in [1.82, 2.24) is 5.32 Å². The fourth-order valence-corrected chi connectivity index (χ4v) is 1.97. The molecule has 0 saturated carbocycles. The second-order valence-electron chi connectivity index (χ2n) is 5.81. The molecule has 16 heavy (non-hydrogen) atoms. The largest absolute Gasteiger partial charge is 0.379 e. The van der Waals surface area contributed by atoms with Crippen molar-refractivity contribution >= 4 is 0 Å². The van der Waals surface area contributed by atoms with Crippen LogP contribution in [0.15, 0.2) is 0 Å². The van der Waals surface area contributed by atoms with E-state index in [1.807, 2.05) is 7.11 Å². The summed E-state index contributed by atoms with van der Waals surface area (Å²) in [7, 11) is 1.81. The van der Waals surface area contributed by atoms with Crippen LogP contribution in [-0.2, 0) is 4.74 Å². The first-order chi connectivity index (χ1) is 7.41. The average molecular weight is 229 g/mol. The first-order valence-corrected chi connectivity index (χ1v) is 6.67. The van der Waals surface area contributed by atoms with E-state index < -0.39 is 0 Å². The van der Waals surface area contributed by atoms with Crippen LogP contribution in [0.3, 0.4) is 0 Å². The van der Waals surface area contributed by atoms with Crippen LogP contribution in [-0.4, -0.2) is 25.8 Å². The molecule has 0 aromatic rings. The molecular weight excluding hydrogens is 198 g/mol. The average Bonchev–Trinajstić information content (AvgIpc) is 2.21. The molecule has 2 heteroatoms. The van der Waals surface area contributed by atoms with Crippen molar-refractivity contribution in [3.05, 3.63) is 0 Å². The Labute approximate surface area is 102 Å². The minimum Gasteiger partial charge on any atom is -0.379 e. The topological polar surface area (TPSA) is 21.3 Å². The van der Waals surface area contributed by atoms with Gasteiger partial charge in [0, 0.05) is 7.11 Å². The van der Waals surface area contributed by atoms with Gasteiger partial charge in [-0.25, -0.2) is 0 Å². The van der Waals surface area contributed by atoms with Crippen molar-refractivity contribution in [3.8, 4) is 0 Å². The first kappa shape index (κ1) is 15.9. The van der Waals surface area contributed by atoms with Gasteiger partial charge < -0.3 is 10.1 Å². The molecule has 0 aromatic heterocycles. The zero-order chi connectivity index (χ0) is 12.6. The molecule has 0 bridgehead atoms. The van der Waals surface area contributed by atoms with Crippen LogP contribution >= 0.6 is 0 Å². The molecule has 2 nitrogen and oxygen atoms in total. The van der Waals surface area contributed by atoms with Gasteiger partial charge in [-0.15, -0.1) is 0 Å². The Morgan fingerprint density at radius 1 is 1.25 bits per heavy atom. The molecule has 0 amide bonds. The third-order valence-electron chi connectivity index (χ3n) is 3.19. The van der Waals surface area contributed by atoms with Crippen molar-refractivity contribution in [2.24, 2.45) is 11.8 Å². The highest BCUT2D eigenvalue weighted by Gasteiger charge is 2.19. The second-order valence-corrected chi connectivity index (χ2v) is 5.81. The molecule has 0 aliphatic rings. The standard InChI is InChI=1S/C14H31NO/c1-7-15-11-13(10-12(2)3)8-9-14(4,5)16-6/h12-13,15H,7-11H2,1-6H3. The van der Waals surface area contributed by atoms with Crippen LogP contribution < -0.4 is 5.32 Å². The highest BCUT2D eigenvalue weighted by molar-refractivity contribution is 4.72. The second kappa shape index (κ2) is 8.08. The smallest absolute Gasteiger partial charge is 0.0622 e. The van der Waals surface area contributed by atoms with E-state index in [0.29, 0.717) is 0 Å². The summed E-state index contributed by atoms with van der Waals surface area (Å²) in [4.78, 5) is 0. The molecule has 1 unspecified atom stereocenters. The third-order valence-corrected chi connectivity index (χ3v) is 3.19. The molecule has 0 saturated heterocycles. The SMILES string of the molecule is CCNCC(CCC(C)(C)OC)CC(C)C. The van der Waals surface area contributed by atoms with Crippen molar-refractivity contribution in [1.29, 1.82) is 0 Å². The molecule has 0 heterocycles. The van der Waals surface area contributed by atoms with Crippen LogP contribution in [0.4, 0.5) is 0 Å². The fourth-order valence-electron chi connectivity index (χ4n) is 1.97. The van der Waals surface area contributed by atoms with Crippen molar-refractivity contribution in [3.63, 3.8) is 0 Å². The summed E-state index contributed by atoms with van der Waals surface area (Å²) in [6.45, 7) is 13.3. The molecule has 1 N–H and O–H groups in total. The lowest BCUT2D eigenvalue weighted by Gasteiger charge is -2.26. The van der Waals surface area contributed by atoms with E-state index in [0.717, 1.165) is 31.3 Å². The number of nitrogens with one attached hydrogen (secondary N) is 1. The lowest BCUT2D eigenvalue weighted by Crippen LogP contribution is -2.28. The number of hydrogen-bond acceptors (Lipinski definition) is 2. The van der Waals surface area contributed by atoms with Gasteiger partial charge in [0.15, 0.2) is 0 Å². The van der Waals surface area contributed by atoms with Crippen molar-refractivity contribution in [2.45, 2.75) is 59.5 Å². The lowest BCUT2D eigenvalue weighted by atomic mass is 9.89. The lowest BCUT2D eigenvalue weighted by molar-refractivity contribution is 0.00971. The Morgan fingerprint density at radius 2 is 1.88 bits per heavy atom. The van der Waals surface area contributed by atoms with Crippen LogP contribution in [0.1, 0.15) is 53.9 Å². The Morgan fingerprint density at radius 3 is 2.31 bits per heavy atom. The summed E-state index contributed by atoms with van der Waals surface area (Å²) < 4.78 is 5.48. The number of hydrogen-bond donors (Lipinski definition) is 1. The highest BCUT2D eigenvalue weighted by atomic mass is 16.5. The van der Waals surface area contributed by atoms with E-state index in [1.54, 1.807) is 0 Å². The minimum atomic E-state index is 0.0292. The van der Waals surface area contributed by atoms with Gasteiger partial charge in [0.05, 0.1) is 5.60 Å². The van der Waals surface area contributed by atoms with E-state index in [9.17, 15) is 0 Å². The van der Waals surface area contributed by atoms with E-state index in [1.165, 1.54) is 12.8 Å². The predicted octanol–water partition coefficient (Wildman–Crippen LogP) is 3.46. The summed E-state index contributed by atoms with van der Waals surface area (Å²) in [5.41, 5.74) is 0.0292. The zero-order valence-electron chi connectivity index (χ0n) is 12.1. The maximum atomic E-state index is 5.48. The minimum absolute atomic E-state index is 0.0292. The maximum absolute atomic E-state index is 5.48. The number of methoxy groups -OCH3 is 1. The van der Waals surface area contributed by atoms with Crippen molar-refractivity contribution in [2.75, 3.05) is 20.2 Å². The van der Waals surface area contributed by atoms with Gasteiger partial charge >= 0.3 is 0 Å². The summed E-state index contributed by atoms with van der Waals surface area (Å²) in [5, 5.41) is 3.47. The van der Waals surface area contributed by atoms with Gasteiger partial charge in [0.1, 0.15) is 0 Å². The van der Waals surface area contributed by atoms with Gasteiger partial charge in [-0.2, -0.15) is 0 Å². The van der Waals surface area contributed by atoms with Gasteiger partial charge in [0.2, 0.25) is 0 Å². The molecule has 98 valence electrons. The van der Waals surface area contributed by atoms with Gasteiger partial charge in [0.25, 0.3) is 0 Å². The zero-order valence-corrected chi connectivity index (χ0v) is 12.1. The number of ether oxygens (including phenoxy) is 1. The molecule has 0 rings (SSSR count). The third kappa shape index (κ3) is 8.12. The quantitative estimate of drug-likeness (QED) is 0.654. The highest BCUT2D eigenvalue weighted by Crippen LogP contribution is 2.23. The van der Waals surface area contributed by atoms with E-state index in [4.69, 9.17) is 4.74 Å².